The molecule has 0 aliphatic heterocycles. The predicted octanol–water partition coefficient (Wildman–Crippen LogP) is 4.67. The van der Waals surface area contributed by atoms with Crippen molar-refractivity contribution in [2.24, 2.45) is 0 Å². The van der Waals surface area contributed by atoms with Gasteiger partial charge >= 0.3 is 5.97 Å². The Hall–Kier alpha value is -2.04. The van der Waals surface area contributed by atoms with Gasteiger partial charge in [-0.3, -0.25) is 9.59 Å². The van der Waals surface area contributed by atoms with Crippen molar-refractivity contribution < 1.29 is 14.3 Å². The molecule has 2 aromatic rings. The Morgan fingerprint density at radius 3 is 2.40 bits per heavy atom. The molecule has 2 rings (SSSR count). The van der Waals surface area contributed by atoms with Gasteiger partial charge in [0, 0.05) is 15.7 Å². The highest BCUT2D eigenvalue weighted by Crippen LogP contribution is 2.21. The quantitative estimate of drug-likeness (QED) is 0.741. The lowest BCUT2D eigenvalue weighted by molar-refractivity contribution is -0.152. The zero-order valence-corrected chi connectivity index (χ0v) is 15.5. The van der Waals surface area contributed by atoms with E-state index in [0.29, 0.717) is 21.3 Å². The Kier molecular flexibility index (Phi) is 6.85. The Labute approximate surface area is 157 Å². The number of nitrogens with one attached hydrogen (secondary N) is 1. The largest absolute Gasteiger partial charge is 0.452 e. The van der Waals surface area contributed by atoms with Crippen LogP contribution in [-0.4, -0.2) is 18.0 Å². The van der Waals surface area contributed by atoms with Crippen LogP contribution in [0.1, 0.15) is 25.0 Å². The van der Waals surface area contributed by atoms with E-state index in [0.717, 1.165) is 6.42 Å². The Bertz CT molecular complexity index is 760. The average Bonchev–Trinajstić information content (AvgIpc) is 2.58. The highest BCUT2D eigenvalue weighted by molar-refractivity contribution is 6.35. The standard InChI is InChI=1S/C19H19Cl2NO3/c1-3-13-4-8-16(9-5-13)22-19(24)12(2)25-18(23)10-14-6-7-15(20)11-17(14)21/h4-9,11-12H,3,10H2,1-2H3,(H,22,24)/t12-/m1/s1. The van der Waals surface area contributed by atoms with Gasteiger partial charge in [0.15, 0.2) is 6.10 Å². The van der Waals surface area contributed by atoms with E-state index in [2.05, 4.69) is 12.2 Å². The maximum atomic E-state index is 12.1. The molecule has 0 spiro atoms. The van der Waals surface area contributed by atoms with E-state index in [-0.39, 0.29) is 12.3 Å². The molecule has 0 aliphatic carbocycles. The second kappa shape index (κ2) is 8.88. The molecule has 0 fully saturated rings. The van der Waals surface area contributed by atoms with Crippen LogP contribution >= 0.6 is 23.2 Å². The molecule has 0 unspecified atom stereocenters. The molecule has 1 atom stereocenters. The zero-order chi connectivity index (χ0) is 18.4. The molecule has 132 valence electrons. The first-order valence-electron chi connectivity index (χ1n) is 7.92. The fourth-order valence-electron chi connectivity index (χ4n) is 2.18. The Morgan fingerprint density at radius 2 is 1.80 bits per heavy atom. The molecular weight excluding hydrogens is 361 g/mol. The van der Waals surface area contributed by atoms with Crippen molar-refractivity contribution in [2.45, 2.75) is 32.8 Å². The summed E-state index contributed by atoms with van der Waals surface area (Å²) in [5.74, 6) is -0.923. The normalized spacial score (nSPS) is 11.7. The summed E-state index contributed by atoms with van der Waals surface area (Å²) in [7, 11) is 0. The van der Waals surface area contributed by atoms with Gasteiger partial charge in [-0.25, -0.2) is 0 Å². The van der Waals surface area contributed by atoms with Crippen molar-refractivity contribution in [3.05, 3.63) is 63.6 Å². The monoisotopic (exact) mass is 379 g/mol. The Balaban J connectivity index is 1.89. The lowest BCUT2D eigenvalue weighted by Gasteiger charge is -2.14. The molecule has 0 heterocycles. The van der Waals surface area contributed by atoms with E-state index in [9.17, 15) is 9.59 Å². The van der Waals surface area contributed by atoms with Crippen molar-refractivity contribution in [3.63, 3.8) is 0 Å². The van der Waals surface area contributed by atoms with Crippen molar-refractivity contribution >= 4 is 40.8 Å². The highest BCUT2D eigenvalue weighted by Gasteiger charge is 2.19. The van der Waals surface area contributed by atoms with Crippen LogP contribution in [0.15, 0.2) is 42.5 Å². The number of rotatable bonds is 6. The third kappa shape index (κ3) is 5.76. The van der Waals surface area contributed by atoms with Crippen LogP contribution in [0.25, 0.3) is 0 Å². The summed E-state index contributed by atoms with van der Waals surface area (Å²) in [6.45, 7) is 3.58. The maximum absolute atomic E-state index is 12.1. The van der Waals surface area contributed by atoms with Gasteiger partial charge < -0.3 is 10.1 Å². The summed E-state index contributed by atoms with van der Waals surface area (Å²) >= 11 is 11.9. The van der Waals surface area contributed by atoms with Crippen molar-refractivity contribution in [3.8, 4) is 0 Å². The number of carbonyl (C=O) groups is 2. The molecular formula is C19H19Cl2NO3. The molecule has 0 radical (unpaired) electrons. The fraction of sp³-hybridized carbons (Fsp3) is 0.263. The number of amides is 1. The first-order valence-corrected chi connectivity index (χ1v) is 8.68. The molecule has 2 aromatic carbocycles. The lowest BCUT2D eigenvalue weighted by Crippen LogP contribution is -2.30. The summed E-state index contributed by atoms with van der Waals surface area (Å²) in [6, 6.07) is 12.4. The second-order valence-electron chi connectivity index (χ2n) is 5.58. The third-order valence-corrected chi connectivity index (χ3v) is 4.24. The molecule has 25 heavy (non-hydrogen) atoms. The smallest absolute Gasteiger partial charge is 0.311 e. The fourth-order valence-corrected chi connectivity index (χ4v) is 2.66. The van der Waals surface area contributed by atoms with Gasteiger partial charge in [-0.2, -0.15) is 0 Å². The number of aryl methyl sites for hydroxylation is 1. The summed E-state index contributed by atoms with van der Waals surface area (Å²) in [5, 5.41) is 3.60. The summed E-state index contributed by atoms with van der Waals surface area (Å²) in [6.07, 6.45) is -0.0154. The van der Waals surface area contributed by atoms with Crippen LogP contribution < -0.4 is 5.32 Å². The number of halogens is 2. The van der Waals surface area contributed by atoms with Crippen LogP contribution in [0.5, 0.6) is 0 Å². The van der Waals surface area contributed by atoms with Gasteiger partial charge in [0.25, 0.3) is 5.91 Å². The molecule has 4 nitrogen and oxygen atoms in total. The van der Waals surface area contributed by atoms with Gasteiger partial charge in [0.1, 0.15) is 0 Å². The van der Waals surface area contributed by atoms with E-state index < -0.39 is 12.1 Å². The van der Waals surface area contributed by atoms with E-state index in [4.69, 9.17) is 27.9 Å². The predicted molar refractivity (Wildman–Crippen MR) is 100 cm³/mol. The van der Waals surface area contributed by atoms with Gasteiger partial charge in [-0.1, -0.05) is 48.3 Å². The van der Waals surface area contributed by atoms with E-state index in [1.807, 2.05) is 24.3 Å². The lowest BCUT2D eigenvalue weighted by atomic mass is 10.1. The number of benzene rings is 2. The number of anilines is 1. The summed E-state index contributed by atoms with van der Waals surface area (Å²) in [4.78, 5) is 24.1. The van der Waals surface area contributed by atoms with Crippen molar-refractivity contribution in [1.82, 2.24) is 0 Å². The summed E-state index contributed by atoms with van der Waals surface area (Å²) < 4.78 is 5.18. The molecule has 1 amide bonds. The van der Waals surface area contributed by atoms with Crippen LogP contribution in [0.2, 0.25) is 10.0 Å². The van der Waals surface area contributed by atoms with Crippen molar-refractivity contribution in [1.29, 1.82) is 0 Å². The Morgan fingerprint density at radius 1 is 1.12 bits per heavy atom. The van der Waals surface area contributed by atoms with Gasteiger partial charge in [0.2, 0.25) is 0 Å². The molecule has 0 saturated carbocycles. The number of carbonyl (C=O) groups excluding carboxylic acids is 2. The van der Waals surface area contributed by atoms with Crippen LogP contribution in [0, 0.1) is 0 Å². The number of ether oxygens (including phenoxy) is 1. The number of hydrogen-bond acceptors (Lipinski definition) is 3. The van der Waals surface area contributed by atoms with Crippen LogP contribution in [0.4, 0.5) is 5.69 Å². The van der Waals surface area contributed by atoms with Gasteiger partial charge in [-0.15, -0.1) is 0 Å². The molecule has 0 bridgehead atoms. The second-order valence-corrected chi connectivity index (χ2v) is 6.43. The molecule has 0 aliphatic rings. The minimum absolute atomic E-state index is 0.0289. The van der Waals surface area contributed by atoms with Crippen LogP contribution in [-0.2, 0) is 27.2 Å². The zero-order valence-electron chi connectivity index (χ0n) is 14.0. The summed E-state index contributed by atoms with van der Waals surface area (Å²) in [5.41, 5.74) is 2.43. The third-order valence-electron chi connectivity index (χ3n) is 3.66. The SMILES string of the molecule is CCc1ccc(NC(=O)[C@@H](C)OC(=O)Cc2ccc(Cl)cc2Cl)cc1. The van der Waals surface area contributed by atoms with Crippen LogP contribution in [0.3, 0.4) is 0 Å². The first kappa shape index (κ1) is 19.3. The van der Waals surface area contributed by atoms with E-state index in [1.165, 1.54) is 12.5 Å². The minimum atomic E-state index is -0.913. The van der Waals surface area contributed by atoms with Gasteiger partial charge in [-0.05, 0) is 48.7 Å². The van der Waals surface area contributed by atoms with Gasteiger partial charge in [0.05, 0.1) is 6.42 Å². The number of hydrogen-bond donors (Lipinski definition) is 1. The highest BCUT2D eigenvalue weighted by atomic mass is 35.5. The molecule has 6 heteroatoms. The minimum Gasteiger partial charge on any atom is -0.452 e. The van der Waals surface area contributed by atoms with Crippen molar-refractivity contribution in [2.75, 3.05) is 5.32 Å². The average molecular weight is 380 g/mol. The maximum Gasteiger partial charge on any atom is 0.311 e. The first-order chi connectivity index (χ1) is 11.9. The van der Waals surface area contributed by atoms with E-state index >= 15 is 0 Å². The molecule has 0 aromatic heterocycles. The molecule has 1 N–H and O–H groups in total. The van der Waals surface area contributed by atoms with E-state index in [1.54, 1.807) is 18.2 Å². The molecule has 0 saturated heterocycles. The number of esters is 1. The topological polar surface area (TPSA) is 55.4 Å².